The average molecular weight is 1590 g/mol. The molecule has 0 amide bonds. The van der Waals surface area contributed by atoms with Crippen LogP contribution in [-0.2, 0) is 135 Å². The normalized spacial score (nSPS) is 24.4. The van der Waals surface area contributed by atoms with E-state index in [-0.39, 0.29) is 125 Å². The van der Waals surface area contributed by atoms with Crippen LogP contribution in [0, 0.1) is 47.3 Å². The van der Waals surface area contributed by atoms with Gasteiger partial charge in [0.1, 0.15) is 0 Å². The van der Waals surface area contributed by atoms with Gasteiger partial charge < -0.3 is 56.2 Å². The highest BCUT2D eigenvalue weighted by molar-refractivity contribution is 6.19. The molecule has 10 aliphatic heterocycles. The minimum Gasteiger partial charge on any atom is -0.393 e. The predicted molar refractivity (Wildman–Crippen MR) is 365 cm³/mol. The molecule has 0 radical (unpaired) electrons. The average Bonchev–Trinajstić information content (AvgIpc) is 1.54. The van der Waals surface area contributed by atoms with E-state index >= 15 is 0 Å². The van der Waals surface area contributed by atoms with Crippen LogP contribution in [0.3, 0.4) is 0 Å². The standard InChI is InChI=1S/C18H18O6.C17H6O7.C16H14O6.C10H8O6.C10H2O6.C8H4O6/c1-17(7-13(19)23-14(20)8-17)11-3-5-12(6-4-11)18(2)9-15(21)24-16(22)10-18;18-13(7-1-3-9-11(5-7)16(21)23-14(9)19)8-2-4-10-12(6-8)17(22)24-15(10)20;17-13-5-11(6-14(18)21-13)9-1-2-10(4-3-9)12-7-15(19)22-16(20)8-12;11-6-2-3-4-1-5(7(3)10(14)15-6)9(13)16-8(4)12;11-7-3-1-4-6(10(14)16-8(4)12)2-5(3)9(13)15-7;9-5-1-2(6(10)13-5)4-3(1)7(11)14-8(4)12/h3-6H,7-10H2,1-2H3;1-6H;1-4,11-12H,5-8H2;3-5,7H,1-2H2;1-2H;1-4H. The van der Waals surface area contributed by atoms with E-state index in [4.69, 9.17) is 0 Å². The highest BCUT2D eigenvalue weighted by Crippen LogP contribution is 2.55. The third kappa shape index (κ3) is 14.8. The molecule has 10 fully saturated rings. The van der Waals surface area contributed by atoms with E-state index in [0.717, 1.165) is 34.4 Å². The number of rotatable bonds is 6. The van der Waals surface area contributed by atoms with Crippen LogP contribution in [0.1, 0.15) is 169 Å². The number of carbonyl (C=O) groups excluding carboxylic acids is 21. The van der Waals surface area contributed by atoms with Gasteiger partial charge in [-0.25, -0.2) is 38.4 Å². The second-order valence-corrected chi connectivity index (χ2v) is 29.1. The number of benzene rings is 5. The number of furan rings is 2. The summed E-state index contributed by atoms with van der Waals surface area (Å²) in [6.07, 6.45) is 1.59. The van der Waals surface area contributed by atoms with Crippen molar-refractivity contribution in [2.45, 2.75) is 101 Å². The van der Waals surface area contributed by atoms with Crippen LogP contribution in [0.25, 0.3) is 21.5 Å². The highest BCUT2D eigenvalue weighted by Gasteiger charge is 2.73. The SMILES string of the molecule is CC1(c2ccc(C3(C)CC(=O)OC(=O)C3)cc2)CC(=O)OC(=O)C1.O=C(c1ccc2c(c1)C(=O)OC2=O)c1ccc2c(c1)C(=O)OC2=O.O=C1CC(c2ccc(C3CC(=O)OC(=O)C3)cc2)CC(=O)O1.O=C1CC2C3CC(C(=O)OC3=O)C2C(=O)O1.O=C1OC(=O)C2C1C1C(=O)OC(=O)C21.O=c1oc(=O)c2cc3c(=O)oc(=O)c3cc12. The number of cyclic esters (lactones) is 20. The lowest BCUT2D eigenvalue weighted by atomic mass is 9.59. The van der Waals surface area contributed by atoms with Crippen molar-refractivity contribution in [3.05, 3.63) is 194 Å². The maximum absolute atomic E-state index is 12.5. The molecule has 4 atom stereocenters. The third-order valence-corrected chi connectivity index (χ3v) is 21.7. The van der Waals surface area contributed by atoms with Gasteiger partial charge in [-0.15, -0.1) is 0 Å². The number of fused-ring (bicyclic) bond motifs is 13. The molecule has 8 saturated heterocycles. The summed E-state index contributed by atoms with van der Waals surface area (Å²) in [4.78, 5) is 285. The molecule has 12 aliphatic rings. The van der Waals surface area contributed by atoms with E-state index < -0.39 is 206 Å². The Morgan fingerprint density at radius 2 is 0.595 bits per heavy atom. The molecule has 116 heavy (non-hydrogen) atoms. The quantitative estimate of drug-likeness (QED) is 0.0999. The van der Waals surface area contributed by atoms with E-state index in [1.54, 1.807) is 0 Å². The Kier molecular flexibility index (Phi) is 20.1. The molecule has 0 spiro atoms. The Bertz CT molecular complexity index is 5440. The number of esters is 20. The maximum Gasteiger partial charge on any atom is 0.346 e. The molecular weight excluding hydrogens is 1540 g/mol. The van der Waals surface area contributed by atoms with Gasteiger partial charge in [0.2, 0.25) is 0 Å². The first-order chi connectivity index (χ1) is 54.9. The van der Waals surface area contributed by atoms with Crippen LogP contribution in [0.5, 0.6) is 0 Å². The van der Waals surface area contributed by atoms with Gasteiger partial charge in [-0.1, -0.05) is 74.5 Å². The van der Waals surface area contributed by atoms with Gasteiger partial charge in [-0.2, -0.15) is 0 Å². The van der Waals surface area contributed by atoms with Gasteiger partial charge >= 0.3 is 142 Å². The number of hydrogen-bond donors (Lipinski definition) is 0. The van der Waals surface area contributed by atoms with Gasteiger partial charge in [-0.05, 0) is 71.0 Å². The largest absolute Gasteiger partial charge is 0.393 e. The molecule has 37 nitrogen and oxygen atoms in total. The summed E-state index contributed by atoms with van der Waals surface area (Å²) in [6.45, 7) is 3.70. The van der Waals surface area contributed by atoms with E-state index in [9.17, 15) is 120 Å². The molecule has 7 aromatic rings. The first-order valence-corrected chi connectivity index (χ1v) is 35.2. The zero-order valence-electron chi connectivity index (χ0n) is 59.7. The van der Waals surface area contributed by atoms with Crippen LogP contribution in [0.4, 0.5) is 0 Å². The van der Waals surface area contributed by atoms with Gasteiger partial charge in [-0.3, -0.25) is 81.5 Å². The van der Waals surface area contributed by atoms with Crippen LogP contribution in [-0.4, -0.2) is 125 Å². The van der Waals surface area contributed by atoms with Crippen molar-refractivity contribution in [3.63, 3.8) is 0 Å². The lowest BCUT2D eigenvalue weighted by Gasteiger charge is -2.34. The number of carbonyl (C=O) groups is 21. The summed E-state index contributed by atoms with van der Waals surface area (Å²) in [5.41, 5.74) is -0.528. The predicted octanol–water partition coefficient (Wildman–Crippen LogP) is 2.59. The Balaban J connectivity index is 0.000000116. The highest BCUT2D eigenvalue weighted by atomic mass is 16.6. The Morgan fingerprint density at radius 1 is 0.293 bits per heavy atom. The van der Waals surface area contributed by atoms with Gasteiger partial charge in [0.25, 0.3) is 0 Å². The molecular formula is C79H52O37. The van der Waals surface area contributed by atoms with Crippen LogP contribution in [0.2, 0.25) is 0 Å². The molecule has 19 rings (SSSR count). The Labute approximate surface area is 643 Å². The molecule has 2 bridgehead atoms. The van der Waals surface area contributed by atoms with E-state index in [1.165, 1.54) is 36.4 Å². The first kappa shape index (κ1) is 78.1. The Hall–Kier alpha value is -14.6. The molecule has 5 aromatic carbocycles. The van der Waals surface area contributed by atoms with Gasteiger partial charge in [0, 0.05) is 33.8 Å². The lowest BCUT2D eigenvalue weighted by Crippen LogP contribution is -2.50. The molecule has 2 aliphatic carbocycles. The van der Waals surface area contributed by atoms with Crippen molar-refractivity contribution in [2.75, 3.05) is 0 Å². The molecule has 4 unspecified atom stereocenters. The first-order valence-electron chi connectivity index (χ1n) is 35.2. The molecule has 0 N–H and O–H groups in total. The number of hydrogen-bond acceptors (Lipinski definition) is 37. The summed E-state index contributed by atoms with van der Waals surface area (Å²) in [6, 6.07) is 25.0. The maximum atomic E-state index is 12.5. The fraction of sp³-hybridized carbons (Fsp3) is 0.304. The monoisotopic (exact) mass is 1590 g/mol. The van der Waals surface area contributed by atoms with E-state index in [2.05, 4.69) is 56.2 Å². The second-order valence-electron chi connectivity index (χ2n) is 29.1. The number of ether oxygens (including phenoxy) is 10. The number of ketones is 1. The summed E-state index contributed by atoms with van der Waals surface area (Å²) in [5.74, 6) is -18.9. The molecule has 590 valence electrons. The summed E-state index contributed by atoms with van der Waals surface area (Å²) >= 11 is 0. The summed E-state index contributed by atoms with van der Waals surface area (Å²) in [5, 5.41) is -0.0726. The van der Waals surface area contributed by atoms with Crippen molar-refractivity contribution in [3.8, 4) is 0 Å². The van der Waals surface area contributed by atoms with E-state index in [0.29, 0.717) is 6.42 Å². The van der Waals surface area contributed by atoms with Crippen molar-refractivity contribution in [1.82, 2.24) is 0 Å². The molecule has 2 saturated carbocycles. The van der Waals surface area contributed by atoms with Gasteiger partial charge in [0.05, 0.1) is 143 Å². The minimum absolute atomic E-state index is 0.0138. The second kappa shape index (κ2) is 29.8. The molecule has 37 heteroatoms. The van der Waals surface area contributed by atoms with Crippen LogP contribution < -0.4 is 22.5 Å². The topological polar surface area (TPSA) is 545 Å². The van der Waals surface area contributed by atoms with Crippen LogP contribution >= 0.6 is 0 Å². The summed E-state index contributed by atoms with van der Waals surface area (Å²) in [7, 11) is 0. The van der Waals surface area contributed by atoms with Crippen molar-refractivity contribution < 1.29 is 157 Å². The fourth-order valence-corrected chi connectivity index (χ4v) is 16.0. The van der Waals surface area contributed by atoms with Gasteiger partial charge in [0.15, 0.2) is 5.78 Å². The lowest BCUT2D eigenvalue weighted by molar-refractivity contribution is -0.174. The van der Waals surface area contributed by atoms with Crippen molar-refractivity contribution in [2.24, 2.45) is 47.3 Å². The fourth-order valence-electron chi connectivity index (χ4n) is 16.0. The van der Waals surface area contributed by atoms with Crippen LogP contribution in [0.15, 0.2) is 125 Å². The van der Waals surface area contributed by atoms with E-state index in [1.807, 2.05) is 62.4 Å². The molecule has 12 heterocycles. The summed E-state index contributed by atoms with van der Waals surface area (Å²) < 4.78 is 53.6. The van der Waals surface area contributed by atoms with Crippen molar-refractivity contribution in [1.29, 1.82) is 0 Å². The minimum atomic E-state index is -0.824. The zero-order valence-corrected chi connectivity index (χ0v) is 59.7. The smallest absolute Gasteiger partial charge is 0.346 e. The third-order valence-electron chi connectivity index (χ3n) is 21.7. The molecule has 2 aromatic heterocycles. The van der Waals surface area contributed by atoms with Crippen molar-refractivity contribution >= 4 is 147 Å². The Morgan fingerprint density at radius 3 is 0.948 bits per heavy atom. The zero-order chi connectivity index (χ0) is 83.2.